The first-order chi connectivity index (χ1) is 9.22. The predicted molar refractivity (Wildman–Crippen MR) is 83.5 cm³/mol. The smallest absolute Gasteiger partial charge is 0.0576 e. The zero-order valence-corrected chi connectivity index (χ0v) is 13.5. The minimum absolute atomic E-state index is 0.420. The van der Waals surface area contributed by atoms with Crippen molar-refractivity contribution in [2.75, 3.05) is 13.2 Å². The van der Waals surface area contributed by atoms with Crippen LogP contribution in [0.2, 0.25) is 0 Å². The van der Waals surface area contributed by atoms with Crippen molar-refractivity contribution < 1.29 is 4.74 Å². The normalized spacial score (nSPS) is 20.7. The van der Waals surface area contributed by atoms with Crippen molar-refractivity contribution >= 4 is 15.9 Å². The topological polar surface area (TPSA) is 21.3 Å². The molecule has 1 N–H and O–H groups in total. The van der Waals surface area contributed by atoms with Gasteiger partial charge in [0.05, 0.1) is 6.10 Å². The molecule has 0 radical (unpaired) electrons. The van der Waals surface area contributed by atoms with Crippen molar-refractivity contribution in [3.05, 3.63) is 33.8 Å². The zero-order valence-electron chi connectivity index (χ0n) is 11.9. The van der Waals surface area contributed by atoms with Crippen LogP contribution in [0.5, 0.6) is 0 Å². The van der Waals surface area contributed by atoms with E-state index in [2.05, 4.69) is 53.3 Å². The second-order valence-electron chi connectivity index (χ2n) is 5.30. The molecular formula is C16H24BrNO. The molecule has 1 heterocycles. The molecule has 2 nitrogen and oxygen atoms in total. The number of hydrogen-bond donors (Lipinski definition) is 1. The van der Waals surface area contributed by atoms with Gasteiger partial charge in [0.15, 0.2) is 0 Å². The summed E-state index contributed by atoms with van der Waals surface area (Å²) in [6, 6.07) is 6.94. The summed E-state index contributed by atoms with van der Waals surface area (Å²) in [4.78, 5) is 0. The van der Waals surface area contributed by atoms with Crippen LogP contribution in [-0.4, -0.2) is 19.3 Å². The van der Waals surface area contributed by atoms with Crippen LogP contribution in [0.1, 0.15) is 49.8 Å². The third-order valence-corrected chi connectivity index (χ3v) is 4.93. The molecule has 1 fully saturated rings. The summed E-state index contributed by atoms with van der Waals surface area (Å²) < 4.78 is 6.98. The van der Waals surface area contributed by atoms with Crippen LogP contribution in [0.15, 0.2) is 22.7 Å². The Kier molecular flexibility index (Phi) is 5.86. The van der Waals surface area contributed by atoms with Crippen molar-refractivity contribution in [2.45, 2.75) is 51.7 Å². The minimum Gasteiger partial charge on any atom is -0.378 e. The van der Waals surface area contributed by atoms with Gasteiger partial charge in [-0.2, -0.15) is 0 Å². The molecule has 2 rings (SSSR count). The van der Waals surface area contributed by atoms with Gasteiger partial charge in [0, 0.05) is 17.1 Å². The van der Waals surface area contributed by atoms with Crippen molar-refractivity contribution in [1.29, 1.82) is 0 Å². The molecule has 0 spiro atoms. The fourth-order valence-electron chi connectivity index (χ4n) is 2.78. The van der Waals surface area contributed by atoms with Gasteiger partial charge in [-0.25, -0.2) is 0 Å². The number of halogens is 1. The Labute approximate surface area is 125 Å². The molecule has 0 saturated carbocycles. The summed E-state index contributed by atoms with van der Waals surface area (Å²) in [5, 5.41) is 3.61. The average Bonchev–Trinajstić information content (AvgIpc) is 2.91. The van der Waals surface area contributed by atoms with Crippen molar-refractivity contribution in [2.24, 2.45) is 0 Å². The largest absolute Gasteiger partial charge is 0.378 e. The van der Waals surface area contributed by atoms with Gasteiger partial charge in [0.25, 0.3) is 0 Å². The summed E-state index contributed by atoms with van der Waals surface area (Å²) >= 11 is 3.73. The van der Waals surface area contributed by atoms with E-state index in [-0.39, 0.29) is 0 Å². The lowest BCUT2D eigenvalue weighted by atomic mass is 9.98. The number of hydrogen-bond acceptors (Lipinski definition) is 2. The van der Waals surface area contributed by atoms with Gasteiger partial charge in [-0.15, -0.1) is 0 Å². The lowest BCUT2D eigenvalue weighted by Gasteiger charge is -2.22. The molecule has 106 valence electrons. The average molecular weight is 326 g/mol. The van der Waals surface area contributed by atoms with E-state index in [1.54, 1.807) is 0 Å². The zero-order chi connectivity index (χ0) is 13.7. The van der Waals surface area contributed by atoms with Gasteiger partial charge in [0.2, 0.25) is 0 Å². The standard InChI is InChI=1S/C16H24BrNO/c1-3-18-15(10-9-13-7-5-11-19-13)14-8-4-6-12(2)16(14)17/h4,6,8,13,15,18H,3,5,7,9-11H2,1-2H3. The van der Waals surface area contributed by atoms with Gasteiger partial charge < -0.3 is 10.1 Å². The highest BCUT2D eigenvalue weighted by molar-refractivity contribution is 9.10. The predicted octanol–water partition coefficient (Wildman–Crippen LogP) is 4.37. The first-order valence-corrected chi connectivity index (χ1v) is 8.11. The van der Waals surface area contributed by atoms with E-state index < -0.39 is 0 Å². The highest BCUT2D eigenvalue weighted by Crippen LogP contribution is 2.30. The summed E-state index contributed by atoms with van der Waals surface area (Å²) in [5.41, 5.74) is 2.68. The Hall–Kier alpha value is -0.380. The van der Waals surface area contributed by atoms with E-state index in [1.165, 1.54) is 28.4 Å². The van der Waals surface area contributed by atoms with E-state index in [4.69, 9.17) is 4.74 Å². The Morgan fingerprint density at radius 3 is 3.00 bits per heavy atom. The highest BCUT2D eigenvalue weighted by atomic mass is 79.9. The molecular weight excluding hydrogens is 302 g/mol. The maximum Gasteiger partial charge on any atom is 0.0576 e. The molecule has 0 aromatic heterocycles. The number of nitrogens with one attached hydrogen (secondary N) is 1. The number of rotatable bonds is 6. The molecule has 0 amide bonds. The molecule has 1 aliphatic rings. The molecule has 1 aromatic carbocycles. The van der Waals surface area contributed by atoms with Crippen LogP contribution >= 0.6 is 15.9 Å². The summed E-state index contributed by atoms with van der Waals surface area (Å²) in [7, 11) is 0. The van der Waals surface area contributed by atoms with Gasteiger partial charge in [0.1, 0.15) is 0 Å². The van der Waals surface area contributed by atoms with Crippen LogP contribution < -0.4 is 5.32 Å². The van der Waals surface area contributed by atoms with Crippen LogP contribution in [0.4, 0.5) is 0 Å². The Bertz CT molecular complexity index is 402. The highest BCUT2D eigenvalue weighted by Gasteiger charge is 2.20. The number of ether oxygens (including phenoxy) is 1. The third kappa shape index (κ3) is 4.04. The van der Waals surface area contributed by atoms with E-state index >= 15 is 0 Å². The maximum absolute atomic E-state index is 5.73. The fraction of sp³-hybridized carbons (Fsp3) is 0.625. The van der Waals surface area contributed by atoms with Crippen LogP contribution in [0, 0.1) is 6.92 Å². The molecule has 1 saturated heterocycles. The van der Waals surface area contributed by atoms with Crippen molar-refractivity contribution in [3.63, 3.8) is 0 Å². The minimum atomic E-state index is 0.420. The molecule has 0 bridgehead atoms. The van der Waals surface area contributed by atoms with Gasteiger partial charge >= 0.3 is 0 Å². The lowest BCUT2D eigenvalue weighted by molar-refractivity contribution is 0.0996. The van der Waals surface area contributed by atoms with Crippen LogP contribution in [0.3, 0.4) is 0 Å². The molecule has 1 aromatic rings. The fourth-order valence-corrected chi connectivity index (χ4v) is 3.32. The number of aryl methyl sites for hydroxylation is 1. The Morgan fingerprint density at radius 2 is 2.32 bits per heavy atom. The molecule has 19 heavy (non-hydrogen) atoms. The Morgan fingerprint density at radius 1 is 1.47 bits per heavy atom. The van der Waals surface area contributed by atoms with Gasteiger partial charge in [-0.3, -0.25) is 0 Å². The molecule has 0 aliphatic carbocycles. The van der Waals surface area contributed by atoms with Crippen LogP contribution in [0.25, 0.3) is 0 Å². The molecule has 2 atom stereocenters. The third-order valence-electron chi connectivity index (χ3n) is 3.85. The quantitative estimate of drug-likeness (QED) is 0.838. The SMILES string of the molecule is CCNC(CCC1CCCO1)c1cccc(C)c1Br. The number of benzene rings is 1. The second kappa shape index (κ2) is 7.41. The van der Waals surface area contributed by atoms with Gasteiger partial charge in [-0.1, -0.05) is 41.1 Å². The summed E-state index contributed by atoms with van der Waals surface area (Å²) in [6.07, 6.45) is 5.22. The first-order valence-electron chi connectivity index (χ1n) is 7.32. The van der Waals surface area contributed by atoms with Crippen molar-refractivity contribution in [1.82, 2.24) is 5.32 Å². The summed E-state index contributed by atoms with van der Waals surface area (Å²) in [6.45, 7) is 6.26. The first kappa shape index (κ1) is 15.0. The van der Waals surface area contributed by atoms with Gasteiger partial charge in [-0.05, 0) is 50.3 Å². The Balaban J connectivity index is 2.03. The molecule has 1 aliphatic heterocycles. The molecule has 2 unspecified atom stereocenters. The lowest BCUT2D eigenvalue weighted by Crippen LogP contribution is -2.23. The van der Waals surface area contributed by atoms with E-state index in [1.807, 2.05) is 0 Å². The van der Waals surface area contributed by atoms with E-state index in [0.717, 1.165) is 26.0 Å². The second-order valence-corrected chi connectivity index (χ2v) is 6.09. The van der Waals surface area contributed by atoms with E-state index in [9.17, 15) is 0 Å². The van der Waals surface area contributed by atoms with Crippen molar-refractivity contribution in [3.8, 4) is 0 Å². The van der Waals surface area contributed by atoms with E-state index in [0.29, 0.717) is 12.1 Å². The maximum atomic E-state index is 5.73. The summed E-state index contributed by atoms with van der Waals surface area (Å²) in [5.74, 6) is 0. The molecule has 3 heteroatoms. The van der Waals surface area contributed by atoms with Crippen LogP contribution in [-0.2, 0) is 4.74 Å². The monoisotopic (exact) mass is 325 g/mol.